The van der Waals surface area contributed by atoms with Gasteiger partial charge in [-0.3, -0.25) is 10.0 Å². The third-order valence-corrected chi connectivity index (χ3v) is 1.31. The molecule has 0 unspecified atom stereocenters. The van der Waals surface area contributed by atoms with E-state index < -0.39 is 0 Å². The number of nitrogens with zero attached hydrogens (tertiary/aromatic N) is 1. The monoisotopic (exact) mass is 171 g/mol. The van der Waals surface area contributed by atoms with Gasteiger partial charge in [-0.25, -0.2) is 4.39 Å². The quantitative estimate of drug-likeness (QED) is 0.701. The van der Waals surface area contributed by atoms with Crippen molar-refractivity contribution in [2.24, 2.45) is 0 Å². The minimum absolute atomic E-state index is 0.157. The normalized spacial score (nSPS) is 10.7. The Hall–Kier alpha value is -0.970. The second kappa shape index (κ2) is 4.15. The van der Waals surface area contributed by atoms with Crippen LogP contribution in [0.5, 0.6) is 0 Å². The van der Waals surface area contributed by atoms with E-state index in [0.717, 1.165) is 0 Å². The molecule has 1 aromatic rings. The van der Waals surface area contributed by atoms with E-state index in [1.807, 2.05) is 0 Å². The number of halogens is 1. The highest BCUT2D eigenvalue weighted by atomic mass is 19.1. The molecule has 0 heterocycles. The van der Waals surface area contributed by atoms with Crippen LogP contribution in [-0.4, -0.2) is 17.5 Å². The average molecular weight is 171 g/mol. The van der Waals surface area contributed by atoms with Gasteiger partial charge in [-0.1, -0.05) is 17.4 Å². The molecular formula is C8H10FNO2. The second-order valence-corrected chi connectivity index (χ2v) is 2.37. The topological polar surface area (TPSA) is 32.7 Å². The average Bonchev–Trinajstić information content (AvgIpc) is 2.01. The molecule has 1 N–H and O–H groups in total. The van der Waals surface area contributed by atoms with Crippen molar-refractivity contribution in [1.29, 1.82) is 0 Å². The molecule has 12 heavy (non-hydrogen) atoms. The van der Waals surface area contributed by atoms with Gasteiger partial charge in [-0.15, -0.1) is 0 Å². The third-order valence-electron chi connectivity index (χ3n) is 1.31. The molecule has 0 bridgehead atoms. The van der Waals surface area contributed by atoms with Crippen LogP contribution in [0.4, 0.5) is 4.39 Å². The van der Waals surface area contributed by atoms with Crippen molar-refractivity contribution in [1.82, 2.24) is 5.23 Å². The Morgan fingerprint density at radius 3 is 2.92 bits per heavy atom. The lowest BCUT2D eigenvalue weighted by molar-refractivity contribution is -0.330. The lowest BCUT2D eigenvalue weighted by Crippen LogP contribution is -2.12. The van der Waals surface area contributed by atoms with Gasteiger partial charge in [0.15, 0.2) is 0 Å². The molecule has 0 saturated carbocycles. The van der Waals surface area contributed by atoms with Crippen LogP contribution in [0.1, 0.15) is 5.56 Å². The molecule has 66 valence electrons. The first kappa shape index (κ1) is 9.12. The number of rotatable bonds is 3. The maximum Gasteiger partial charge on any atom is 0.123 e. The Bertz CT molecular complexity index is 253. The summed E-state index contributed by atoms with van der Waals surface area (Å²) in [4.78, 5) is 4.71. The molecule has 0 aliphatic heterocycles. The van der Waals surface area contributed by atoms with Gasteiger partial charge < -0.3 is 0 Å². The molecule has 0 aliphatic carbocycles. The van der Waals surface area contributed by atoms with E-state index >= 15 is 0 Å². The third kappa shape index (κ3) is 2.96. The molecule has 0 spiro atoms. The van der Waals surface area contributed by atoms with Crippen molar-refractivity contribution in [3.8, 4) is 0 Å². The van der Waals surface area contributed by atoms with Crippen molar-refractivity contribution in [2.75, 3.05) is 7.05 Å². The van der Waals surface area contributed by atoms with Crippen LogP contribution in [0.2, 0.25) is 0 Å². The molecule has 4 heteroatoms. The maximum atomic E-state index is 12.6. The van der Waals surface area contributed by atoms with Crippen LogP contribution >= 0.6 is 0 Å². The minimum Gasteiger partial charge on any atom is -0.290 e. The molecule has 0 aliphatic rings. The molecule has 0 saturated heterocycles. The van der Waals surface area contributed by atoms with Crippen LogP contribution in [0.25, 0.3) is 0 Å². The Kier molecular flexibility index (Phi) is 3.16. The summed E-state index contributed by atoms with van der Waals surface area (Å²) in [6.45, 7) is 0.157. The van der Waals surface area contributed by atoms with Gasteiger partial charge in [0.05, 0.1) is 6.61 Å². The zero-order chi connectivity index (χ0) is 8.97. The summed E-state index contributed by atoms with van der Waals surface area (Å²) in [5.41, 5.74) is 0.677. The first-order valence-electron chi connectivity index (χ1n) is 3.48. The molecule has 3 nitrogen and oxygen atoms in total. The highest BCUT2D eigenvalue weighted by Gasteiger charge is 1.96. The number of hydroxylamine groups is 2. The predicted molar refractivity (Wildman–Crippen MR) is 40.7 cm³/mol. The summed E-state index contributed by atoms with van der Waals surface area (Å²) in [7, 11) is 1.35. The van der Waals surface area contributed by atoms with Gasteiger partial charge in [-0.05, 0) is 17.7 Å². The standard InChI is InChI=1S/C8H10FNO2/c1-10(11)12-6-7-3-2-4-8(9)5-7/h2-5,11H,6H2,1H3. The lowest BCUT2D eigenvalue weighted by atomic mass is 10.2. The van der Waals surface area contributed by atoms with Crippen molar-refractivity contribution in [3.05, 3.63) is 35.6 Å². The Labute approximate surface area is 69.9 Å². The van der Waals surface area contributed by atoms with E-state index in [2.05, 4.69) is 0 Å². The fourth-order valence-corrected chi connectivity index (χ4v) is 0.795. The number of hydrogen-bond acceptors (Lipinski definition) is 3. The zero-order valence-electron chi connectivity index (χ0n) is 6.70. The largest absolute Gasteiger partial charge is 0.290 e. The zero-order valence-corrected chi connectivity index (χ0v) is 6.70. The first-order valence-corrected chi connectivity index (χ1v) is 3.48. The van der Waals surface area contributed by atoms with Crippen molar-refractivity contribution < 1.29 is 14.4 Å². The summed E-state index contributed by atoms with van der Waals surface area (Å²) >= 11 is 0. The highest BCUT2D eigenvalue weighted by Crippen LogP contribution is 2.04. The van der Waals surface area contributed by atoms with Gasteiger partial charge in [0.2, 0.25) is 0 Å². The molecular weight excluding hydrogens is 161 g/mol. The van der Waals surface area contributed by atoms with Crippen LogP contribution in [0.15, 0.2) is 24.3 Å². The predicted octanol–water partition coefficient (Wildman–Crippen LogP) is 1.58. The minimum atomic E-state index is -0.309. The van der Waals surface area contributed by atoms with Gasteiger partial charge in [0.1, 0.15) is 5.82 Å². The fourth-order valence-electron chi connectivity index (χ4n) is 0.795. The van der Waals surface area contributed by atoms with Crippen molar-refractivity contribution >= 4 is 0 Å². The summed E-state index contributed by atoms with van der Waals surface area (Å²) in [6, 6.07) is 6.01. The number of hydrogen-bond donors (Lipinski definition) is 1. The Balaban J connectivity index is 2.52. The van der Waals surface area contributed by atoms with E-state index in [9.17, 15) is 4.39 Å². The summed E-state index contributed by atoms with van der Waals surface area (Å²) in [5, 5.41) is 9.19. The molecule has 0 fully saturated rings. The molecule has 0 aromatic heterocycles. The van der Waals surface area contributed by atoms with E-state index in [4.69, 9.17) is 10.0 Å². The molecule has 0 atom stereocenters. The van der Waals surface area contributed by atoms with Crippen molar-refractivity contribution in [2.45, 2.75) is 6.61 Å². The summed E-state index contributed by atoms with van der Waals surface area (Å²) in [6.07, 6.45) is 0. The number of benzene rings is 1. The summed E-state index contributed by atoms with van der Waals surface area (Å²) in [5.74, 6) is -0.309. The van der Waals surface area contributed by atoms with E-state index in [-0.39, 0.29) is 12.4 Å². The molecule has 1 rings (SSSR count). The van der Waals surface area contributed by atoms with Crippen molar-refractivity contribution in [3.63, 3.8) is 0 Å². The first-order chi connectivity index (χ1) is 5.68. The van der Waals surface area contributed by atoms with E-state index in [1.54, 1.807) is 12.1 Å². The van der Waals surface area contributed by atoms with Crippen LogP contribution < -0.4 is 0 Å². The van der Waals surface area contributed by atoms with Gasteiger partial charge >= 0.3 is 0 Å². The maximum absolute atomic E-state index is 12.6. The fraction of sp³-hybridized carbons (Fsp3) is 0.250. The smallest absolute Gasteiger partial charge is 0.123 e. The van der Waals surface area contributed by atoms with E-state index in [1.165, 1.54) is 19.2 Å². The Morgan fingerprint density at radius 1 is 1.58 bits per heavy atom. The van der Waals surface area contributed by atoms with Crippen LogP contribution in [-0.2, 0) is 11.4 Å². The molecule has 1 aromatic carbocycles. The Morgan fingerprint density at radius 2 is 2.33 bits per heavy atom. The van der Waals surface area contributed by atoms with Gasteiger partial charge in [-0.2, -0.15) is 0 Å². The second-order valence-electron chi connectivity index (χ2n) is 2.37. The van der Waals surface area contributed by atoms with E-state index in [0.29, 0.717) is 10.8 Å². The van der Waals surface area contributed by atoms with Gasteiger partial charge in [0.25, 0.3) is 0 Å². The highest BCUT2D eigenvalue weighted by molar-refractivity contribution is 5.15. The molecule has 0 amide bonds. The molecule has 0 radical (unpaired) electrons. The van der Waals surface area contributed by atoms with Gasteiger partial charge in [0, 0.05) is 7.05 Å². The van der Waals surface area contributed by atoms with Crippen LogP contribution in [0, 0.1) is 5.82 Å². The summed E-state index contributed by atoms with van der Waals surface area (Å²) < 4.78 is 12.6. The van der Waals surface area contributed by atoms with Crippen LogP contribution in [0.3, 0.4) is 0 Å². The SMILES string of the molecule is CN(O)OCc1cccc(F)c1. The lowest BCUT2D eigenvalue weighted by Gasteiger charge is -2.07.